The van der Waals surface area contributed by atoms with Crippen molar-refractivity contribution in [3.8, 4) is 0 Å². The number of hydrogen-bond acceptors (Lipinski definition) is 4. The molecular formula is C13H17IO4. The first-order valence-electron chi connectivity index (χ1n) is 5.76. The van der Waals surface area contributed by atoms with E-state index in [1.807, 2.05) is 17.9 Å². The lowest BCUT2D eigenvalue weighted by molar-refractivity contribution is -0.141. The molecule has 0 saturated carbocycles. The minimum absolute atomic E-state index is 0.273. The second kappa shape index (κ2) is 7.45. The minimum Gasteiger partial charge on any atom is -0.462 e. The van der Waals surface area contributed by atoms with E-state index in [0.717, 1.165) is 0 Å². The molecule has 100 valence electrons. The normalized spacial score (nSPS) is 14.4. The molecule has 0 fully saturated rings. The molecule has 4 nitrogen and oxygen atoms in total. The number of hydrogen-bond donors (Lipinski definition) is 0. The lowest BCUT2D eigenvalue weighted by Crippen LogP contribution is -2.18. The maximum absolute atomic E-state index is 11.9. The molecule has 0 radical (unpaired) electrons. The van der Waals surface area contributed by atoms with Crippen molar-refractivity contribution in [1.82, 2.24) is 0 Å². The van der Waals surface area contributed by atoms with Gasteiger partial charge in [-0.1, -0.05) is 34.6 Å². The first kappa shape index (κ1) is 15.1. The van der Waals surface area contributed by atoms with Gasteiger partial charge in [-0.05, 0) is 27.0 Å². The van der Waals surface area contributed by atoms with Crippen LogP contribution in [0, 0.1) is 5.92 Å². The third kappa shape index (κ3) is 4.36. The minimum atomic E-state index is -0.467. The molecule has 0 unspecified atom stereocenters. The Morgan fingerprint density at radius 1 is 1.22 bits per heavy atom. The number of esters is 2. The number of ether oxygens (including phenoxy) is 2. The Kier molecular flexibility index (Phi) is 6.24. The zero-order valence-corrected chi connectivity index (χ0v) is 12.9. The van der Waals surface area contributed by atoms with Gasteiger partial charge in [-0.15, -0.1) is 0 Å². The summed E-state index contributed by atoms with van der Waals surface area (Å²) in [6, 6.07) is 0. The molecule has 0 aromatic rings. The lowest BCUT2D eigenvalue weighted by atomic mass is 10.1. The number of carbonyl (C=O) groups is 2. The zero-order valence-electron chi connectivity index (χ0n) is 10.7. The van der Waals surface area contributed by atoms with Crippen molar-refractivity contribution >= 4 is 36.7 Å². The molecule has 0 aromatic heterocycles. The Hall–Kier alpha value is -0.980. The molecule has 0 aromatic carbocycles. The predicted octanol–water partition coefficient (Wildman–Crippen LogP) is 2.35. The highest BCUT2D eigenvalue weighted by Gasteiger charge is 2.21. The zero-order chi connectivity index (χ0) is 13.5. The average Bonchev–Trinajstić information content (AvgIpc) is 2.36. The van der Waals surface area contributed by atoms with E-state index in [0.29, 0.717) is 24.4 Å². The summed E-state index contributed by atoms with van der Waals surface area (Å²) in [7, 11) is 0. The summed E-state index contributed by atoms with van der Waals surface area (Å²) in [5.41, 5.74) is 0.654. The highest BCUT2D eigenvalue weighted by molar-refractivity contribution is 14.2. The standard InChI is InChI=1S/C13H17IO4/c1-4-17-12(15)10-5-6-14-7-11(10)13(16)18-8-9(2)3/h5-7,9H,4,8H2,1-3H3. The van der Waals surface area contributed by atoms with Crippen molar-refractivity contribution in [3.63, 3.8) is 0 Å². The SMILES string of the molecule is CCOC(=O)C1=C(C(=O)OCC(C)C)C=IC=C1. The fourth-order valence-corrected chi connectivity index (χ4v) is 2.93. The Morgan fingerprint density at radius 3 is 2.50 bits per heavy atom. The fourth-order valence-electron chi connectivity index (χ4n) is 1.21. The lowest BCUT2D eigenvalue weighted by Gasteiger charge is -2.11. The van der Waals surface area contributed by atoms with Gasteiger partial charge in [0.2, 0.25) is 0 Å². The summed E-state index contributed by atoms with van der Waals surface area (Å²) < 4.78 is 13.8. The molecule has 1 aliphatic heterocycles. The summed E-state index contributed by atoms with van der Waals surface area (Å²) >= 11 is -0.321. The van der Waals surface area contributed by atoms with Crippen LogP contribution in [0.3, 0.4) is 0 Å². The van der Waals surface area contributed by atoms with Crippen LogP contribution in [0.2, 0.25) is 0 Å². The first-order valence-corrected chi connectivity index (χ1v) is 8.25. The third-order valence-electron chi connectivity index (χ3n) is 2.03. The van der Waals surface area contributed by atoms with Gasteiger partial charge in [0.15, 0.2) is 0 Å². The van der Waals surface area contributed by atoms with Crippen molar-refractivity contribution in [2.45, 2.75) is 20.8 Å². The summed E-state index contributed by atoms with van der Waals surface area (Å²) in [6.45, 7) is 6.31. The number of carbonyl (C=O) groups excluding carboxylic acids is 2. The maximum Gasteiger partial charge on any atom is 0.339 e. The number of rotatable bonds is 5. The molecule has 0 atom stereocenters. The predicted molar refractivity (Wildman–Crippen MR) is 78.7 cm³/mol. The molecule has 1 heterocycles. The van der Waals surface area contributed by atoms with Crippen molar-refractivity contribution in [1.29, 1.82) is 0 Å². The number of halogens is 1. The van der Waals surface area contributed by atoms with Gasteiger partial charge in [0, 0.05) is 0 Å². The van der Waals surface area contributed by atoms with E-state index in [2.05, 4.69) is 0 Å². The molecule has 0 spiro atoms. The molecule has 0 aliphatic carbocycles. The fraction of sp³-hybridized carbons (Fsp3) is 0.462. The molecule has 0 amide bonds. The van der Waals surface area contributed by atoms with Gasteiger partial charge in [0.1, 0.15) is 0 Å². The van der Waals surface area contributed by atoms with Crippen LogP contribution < -0.4 is 0 Å². The molecule has 0 N–H and O–H groups in total. The third-order valence-corrected chi connectivity index (χ3v) is 3.78. The highest BCUT2D eigenvalue weighted by Crippen LogP contribution is 2.19. The van der Waals surface area contributed by atoms with Gasteiger partial charge in [-0.3, -0.25) is 0 Å². The van der Waals surface area contributed by atoms with Crippen LogP contribution in [-0.4, -0.2) is 29.2 Å². The van der Waals surface area contributed by atoms with Gasteiger partial charge < -0.3 is 9.47 Å². The molecule has 5 heteroatoms. The van der Waals surface area contributed by atoms with Crippen molar-refractivity contribution in [2.24, 2.45) is 5.92 Å². The molecular weight excluding hydrogens is 347 g/mol. The second-order valence-corrected chi connectivity index (χ2v) is 6.13. The van der Waals surface area contributed by atoms with Crippen LogP contribution in [0.25, 0.3) is 0 Å². The molecule has 0 saturated heterocycles. The van der Waals surface area contributed by atoms with E-state index in [4.69, 9.17) is 9.47 Å². The first-order chi connectivity index (χ1) is 8.56. The molecule has 1 aliphatic rings. The van der Waals surface area contributed by atoms with E-state index in [-0.39, 0.29) is 26.6 Å². The molecule has 0 bridgehead atoms. The Balaban J connectivity index is 2.86. The van der Waals surface area contributed by atoms with Gasteiger partial charge in [-0.2, -0.15) is 0 Å². The summed E-state index contributed by atoms with van der Waals surface area (Å²) in [5, 5.41) is 0. The summed E-state index contributed by atoms with van der Waals surface area (Å²) in [6.07, 6.45) is 1.66. The smallest absolute Gasteiger partial charge is 0.339 e. The van der Waals surface area contributed by atoms with E-state index in [1.165, 1.54) is 0 Å². The highest BCUT2D eigenvalue weighted by atomic mass is 127. The average molecular weight is 364 g/mol. The van der Waals surface area contributed by atoms with Crippen LogP contribution in [0.1, 0.15) is 20.8 Å². The van der Waals surface area contributed by atoms with Crippen LogP contribution in [0.5, 0.6) is 0 Å². The Morgan fingerprint density at radius 2 is 1.89 bits per heavy atom. The van der Waals surface area contributed by atoms with Crippen molar-refractivity contribution in [3.05, 3.63) is 21.3 Å². The van der Waals surface area contributed by atoms with Crippen LogP contribution >= 0.6 is 20.7 Å². The molecule has 1 rings (SSSR count). The largest absolute Gasteiger partial charge is 0.462 e. The Labute approximate surface area is 117 Å². The van der Waals surface area contributed by atoms with Crippen molar-refractivity contribution < 1.29 is 19.1 Å². The van der Waals surface area contributed by atoms with Crippen LogP contribution in [0.15, 0.2) is 21.3 Å². The van der Waals surface area contributed by atoms with Gasteiger partial charge in [0.25, 0.3) is 0 Å². The van der Waals surface area contributed by atoms with Gasteiger partial charge in [-0.25, -0.2) is 9.59 Å². The Bertz CT molecular complexity index is 419. The van der Waals surface area contributed by atoms with Crippen molar-refractivity contribution in [2.75, 3.05) is 13.2 Å². The second-order valence-electron chi connectivity index (χ2n) is 4.07. The van der Waals surface area contributed by atoms with Gasteiger partial charge in [0.05, 0.1) is 24.4 Å². The topological polar surface area (TPSA) is 52.6 Å². The van der Waals surface area contributed by atoms with E-state index in [1.54, 1.807) is 17.0 Å². The monoisotopic (exact) mass is 364 g/mol. The van der Waals surface area contributed by atoms with E-state index >= 15 is 0 Å². The summed E-state index contributed by atoms with van der Waals surface area (Å²) in [5.74, 6) is -0.629. The summed E-state index contributed by atoms with van der Waals surface area (Å²) in [4.78, 5) is 23.6. The van der Waals surface area contributed by atoms with Gasteiger partial charge >= 0.3 is 11.9 Å². The van der Waals surface area contributed by atoms with E-state index < -0.39 is 11.9 Å². The van der Waals surface area contributed by atoms with E-state index in [9.17, 15) is 9.59 Å². The molecule has 18 heavy (non-hydrogen) atoms. The quantitative estimate of drug-likeness (QED) is 0.555. The maximum atomic E-state index is 11.9. The van der Waals surface area contributed by atoms with Crippen LogP contribution in [0.4, 0.5) is 0 Å². The van der Waals surface area contributed by atoms with Crippen LogP contribution in [-0.2, 0) is 19.1 Å².